The van der Waals surface area contributed by atoms with E-state index in [0.717, 1.165) is 64.4 Å². The molecule has 1 aromatic heterocycles. The number of carbonyl (C=O) groups excluding carboxylic acids is 2. The Morgan fingerprint density at radius 1 is 1.09 bits per heavy atom. The summed E-state index contributed by atoms with van der Waals surface area (Å²) in [7, 11) is 3.56. The van der Waals surface area contributed by atoms with Crippen LogP contribution in [0.25, 0.3) is 16.5 Å². The van der Waals surface area contributed by atoms with Crippen LogP contribution in [0.1, 0.15) is 139 Å². The van der Waals surface area contributed by atoms with Gasteiger partial charge in [-0.25, -0.2) is 0 Å². The zero-order valence-corrected chi connectivity index (χ0v) is 33.8. The first-order chi connectivity index (χ1) is 24.7. The number of aliphatic hydroxyl groups is 2. The maximum atomic E-state index is 14.9. The molecule has 53 heavy (non-hydrogen) atoms. The predicted octanol–water partition coefficient (Wildman–Crippen LogP) is 8.58. The summed E-state index contributed by atoms with van der Waals surface area (Å²) < 4.78 is 8.91. The molecule has 284 valence electrons. The van der Waals surface area contributed by atoms with E-state index in [9.17, 15) is 19.8 Å². The number of Topliss-reactive ketones (excluding diaryl/α,β-unsaturated/α-hetero) is 1. The molecule has 0 spiro atoms. The third kappa shape index (κ3) is 4.56. The second kappa shape index (κ2) is 11.4. The summed E-state index contributed by atoms with van der Waals surface area (Å²) in [5.74, 6) is 0.355. The lowest BCUT2D eigenvalue weighted by molar-refractivity contribution is -0.144. The van der Waals surface area contributed by atoms with Gasteiger partial charge in [-0.15, -0.1) is 0 Å². The number of benzene rings is 1. The van der Waals surface area contributed by atoms with E-state index in [0.29, 0.717) is 24.3 Å². The van der Waals surface area contributed by atoms with Crippen LogP contribution in [-0.4, -0.2) is 62.8 Å². The quantitative estimate of drug-likeness (QED) is 0.184. The molecule has 7 nitrogen and oxygen atoms in total. The fourth-order valence-electron chi connectivity index (χ4n) is 13.1. The molecule has 2 aliphatic heterocycles. The molecule has 7 heteroatoms. The van der Waals surface area contributed by atoms with Crippen LogP contribution in [0.15, 0.2) is 48.1 Å². The average Bonchev–Trinajstić information content (AvgIpc) is 3.73. The molecule has 0 radical (unpaired) electrons. The molecule has 2 unspecified atom stereocenters. The van der Waals surface area contributed by atoms with Crippen LogP contribution in [0, 0.1) is 28.6 Å². The Morgan fingerprint density at radius 2 is 1.79 bits per heavy atom. The molecule has 9 atom stereocenters. The minimum absolute atomic E-state index is 0.0109. The molecule has 2 aromatic rings. The van der Waals surface area contributed by atoms with Crippen molar-refractivity contribution < 1.29 is 24.5 Å². The number of rotatable bonds is 5. The topological polar surface area (TPSA) is 92.0 Å². The minimum atomic E-state index is -0.852. The molecular formula is C46H60N2O5. The smallest absolute Gasteiger partial charge is 0.249 e. The number of hydrogen-bond donors (Lipinski definition) is 2. The second-order valence-electron chi connectivity index (χ2n) is 19.4. The number of amides is 1. The second-order valence-corrected chi connectivity index (χ2v) is 19.4. The highest BCUT2D eigenvalue weighted by molar-refractivity contribution is 6.18. The van der Waals surface area contributed by atoms with Gasteiger partial charge in [0.25, 0.3) is 0 Å². The molecule has 1 amide bonds. The number of hydrogen-bond acceptors (Lipinski definition) is 5. The molecule has 3 heterocycles. The van der Waals surface area contributed by atoms with Crippen molar-refractivity contribution >= 4 is 28.2 Å². The van der Waals surface area contributed by atoms with Crippen molar-refractivity contribution in [3.8, 4) is 0 Å². The Morgan fingerprint density at radius 3 is 2.43 bits per heavy atom. The van der Waals surface area contributed by atoms with Crippen molar-refractivity contribution in [1.29, 1.82) is 0 Å². The van der Waals surface area contributed by atoms with Crippen LogP contribution in [-0.2, 0) is 21.4 Å². The highest BCUT2D eigenvalue weighted by atomic mass is 16.5. The molecule has 6 aliphatic rings. The SMILES string of the molecule is C=C(C)[C@H]1C(=O)c2c3c(cc4c5c(n1c24)[C@@]1(C)C(CC[C@H]2[C@](C)(/C=C/C=C(\CC)C(=O)N(C)C)[C@@H](O)CC[C@@]21C)C5)C1=CC(C)(C)OC(C)(C)C1[C@@H]3O. The normalized spacial score (nSPS) is 37.6. The number of ether oxygens (including phenoxy) is 1. The number of carbonyl (C=O) groups is 2. The van der Waals surface area contributed by atoms with Gasteiger partial charge in [-0.2, -0.15) is 0 Å². The molecule has 0 bridgehead atoms. The largest absolute Gasteiger partial charge is 0.392 e. The summed E-state index contributed by atoms with van der Waals surface area (Å²) in [5.41, 5.74) is 6.59. The van der Waals surface area contributed by atoms with E-state index in [1.165, 1.54) is 11.3 Å². The predicted molar refractivity (Wildman–Crippen MR) is 211 cm³/mol. The average molecular weight is 721 g/mol. The van der Waals surface area contributed by atoms with Gasteiger partial charge in [0.2, 0.25) is 5.91 Å². The molecule has 1 aromatic carbocycles. The number of likely N-dealkylation sites (N-methyl/N-ethyl adjacent to an activating group) is 1. The minimum Gasteiger partial charge on any atom is -0.392 e. The summed E-state index contributed by atoms with van der Waals surface area (Å²) >= 11 is 0. The van der Waals surface area contributed by atoms with Gasteiger partial charge < -0.3 is 24.4 Å². The van der Waals surface area contributed by atoms with E-state index in [1.807, 2.05) is 26.0 Å². The Hall–Kier alpha value is -3.26. The first-order valence-electron chi connectivity index (χ1n) is 20.0. The number of aromatic nitrogens is 1. The van der Waals surface area contributed by atoms with Gasteiger partial charge in [0.15, 0.2) is 5.78 Å². The number of allylic oxidation sites excluding steroid dienone is 3. The first kappa shape index (κ1) is 36.7. The van der Waals surface area contributed by atoms with Crippen molar-refractivity contribution in [3.63, 3.8) is 0 Å². The monoisotopic (exact) mass is 720 g/mol. The van der Waals surface area contributed by atoms with E-state index in [1.54, 1.807) is 19.0 Å². The van der Waals surface area contributed by atoms with Gasteiger partial charge in [-0.1, -0.05) is 58.1 Å². The van der Waals surface area contributed by atoms with Gasteiger partial charge in [-0.05, 0) is 119 Å². The molecule has 4 aliphatic carbocycles. The number of nitrogens with zero attached hydrogens (tertiary/aromatic N) is 2. The third-order valence-corrected chi connectivity index (χ3v) is 15.4. The van der Waals surface area contributed by atoms with Crippen molar-refractivity contribution in [3.05, 3.63) is 76.0 Å². The van der Waals surface area contributed by atoms with Crippen LogP contribution in [0.2, 0.25) is 0 Å². The summed E-state index contributed by atoms with van der Waals surface area (Å²) in [4.78, 5) is 29.4. The third-order valence-electron chi connectivity index (χ3n) is 15.4. The van der Waals surface area contributed by atoms with Crippen LogP contribution in [0.4, 0.5) is 0 Å². The van der Waals surface area contributed by atoms with E-state index in [4.69, 9.17) is 4.74 Å². The Balaban J connectivity index is 1.32. The lowest BCUT2D eigenvalue weighted by Gasteiger charge is -2.64. The zero-order chi connectivity index (χ0) is 38.5. The maximum absolute atomic E-state index is 14.9. The van der Waals surface area contributed by atoms with Crippen LogP contribution in [0.5, 0.6) is 0 Å². The van der Waals surface area contributed by atoms with E-state index in [-0.39, 0.29) is 34.4 Å². The molecular weight excluding hydrogens is 661 g/mol. The summed E-state index contributed by atoms with van der Waals surface area (Å²) in [5, 5.41) is 25.2. The lowest BCUT2D eigenvalue weighted by Crippen LogP contribution is -2.62. The fourth-order valence-corrected chi connectivity index (χ4v) is 13.1. The summed E-state index contributed by atoms with van der Waals surface area (Å²) in [6.45, 7) is 23.8. The van der Waals surface area contributed by atoms with Crippen LogP contribution >= 0.6 is 0 Å². The van der Waals surface area contributed by atoms with Crippen molar-refractivity contribution in [2.75, 3.05) is 14.1 Å². The Bertz CT molecular complexity index is 2090. The van der Waals surface area contributed by atoms with Crippen molar-refractivity contribution in [1.82, 2.24) is 9.47 Å². The highest BCUT2D eigenvalue weighted by Crippen LogP contribution is 2.71. The van der Waals surface area contributed by atoms with E-state index < -0.39 is 34.9 Å². The molecule has 2 N–H and O–H groups in total. The van der Waals surface area contributed by atoms with Gasteiger partial charge >= 0.3 is 0 Å². The number of fused-ring (bicyclic) bond motifs is 11. The molecule has 8 rings (SSSR count). The van der Waals surface area contributed by atoms with Gasteiger partial charge in [0.1, 0.15) is 6.04 Å². The summed E-state index contributed by atoms with van der Waals surface area (Å²) in [6, 6.07) is 1.79. The van der Waals surface area contributed by atoms with Crippen LogP contribution < -0.4 is 0 Å². The lowest BCUT2D eigenvalue weighted by atomic mass is 9.40. The summed E-state index contributed by atoms with van der Waals surface area (Å²) in [6.07, 6.45) is 12.2. The van der Waals surface area contributed by atoms with Gasteiger partial charge in [0.05, 0.1) is 34.5 Å². The maximum Gasteiger partial charge on any atom is 0.249 e. The molecule has 2 fully saturated rings. The molecule has 2 saturated carbocycles. The number of aliphatic hydroxyl groups excluding tert-OH is 2. The first-order valence-corrected chi connectivity index (χ1v) is 20.0. The fraction of sp³-hybridized carbons (Fsp3) is 0.609. The van der Waals surface area contributed by atoms with Crippen LogP contribution in [0.3, 0.4) is 0 Å². The van der Waals surface area contributed by atoms with E-state index >= 15 is 0 Å². The van der Waals surface area contributed by atoms with E-state index in [2.05, 4.69) is 77.8 Å². The zero-order valence-electron chi connectivity index (χ0n) is 33.8. The van der Waals surface area contributed by atoms with Gasteiger partial charge in [0, 0.05) is 53.1 Å². The van der Waals surface area contributed by atoms with Crippen molar-refractivity contribution in [2.24, 2.45) is 28.6 Å². The van der Waals surface area contributed by atoms with Gasteiger partial charge in [-0.3, -0.25) is 9.59 Å². The molecule has 0 saturated heterocycles. The number of ketones is 1. The standard InChI is InChI=1S/C46H60N2O5/c1-13-25(41(52)47(11)12)15-14-19-44(8)31-17-16-26-21-29-28-22-27-30-23-42(4,5)53-43(6,7)35(30)38(50)33(27)34-37(28)48(36(24(2)3)39(34)51)40(29)46(26,10)45(31,9)20-18-32(44)49/h14-15,19,22-23,26,31-32,35-36,38,49-50H,2,13,16-18,20-21H2,1,3-12H3/b19-14+,25-15+/t26?,31-,32-,35?,36-,38+,44-,45-,46+/m0/s1. The van der Waals surface area contributed by atoms with Crippen molar-refractivity contribution in [2.45, 2.75) is 136 Å². The highest BCUT2D eigenvalue weighted by Gasteiger charge is 2.67. The Labute approximate surface area is 315 Å². The Kier molecular flexibility index (Phi) is 7.89.